The van der Waals surface area contributed by atoms with Crippen LogP contribution < -0.4 is 0 Å². The van der Waals surface area contributed by atoms with Crippen LogP contribution in [0.4, 0.5) is 0 Å². The van der Waals surface area contributed by atoms with Crippen molar-refractivity contribution in [1.29, 1.82) is 0 Å². The van der Waals surface area contributed by atoms with Crippen molar-refractivity contribution in [3.63, 3.8) is 0 Å². The quantitative estimate of drug-likeness (QED) is 0.268. The predicted octanol–water partition coefficient (Wildman–Crippen LogP) is -0.706. The molecular formula is C27H34N2O10. The van der Waals surface area contributed by atoms with Gasteiger partial charge >= 0.3 is 5.97 Å². The van der Waals surface area contributed by atoms with Crippen molar-refractivity contribution in [3.05, 3.63) is 47.4 Å². The Bertz CT molecular complexity index is 1250. The van der Waals surface area contributed by atoms with Gasteiger partial charge in [0.2, 0.25) is 6.29 Å². The third-order valence-electron chi connectivity index (χ3n) is 8.66. The lowest BCUT2D eigenvalue weighted by atomic mass is 9.77. The second-order valence-electron chi connectivity index (χ2n) is 10.7. The molecule has 4 aliphatic rings. The number of ether oxygens (including phenoxy) is 4. The number of carbonyl (C=O) groups excluding carboxylic acids is 1. The van der Waals surface area contributed by atoms with E-state index in [1.165, 1.54) is 18.9 Å². The Kier molecular flexibility index (Phi) is 7.14. The van der Waals surface area contributed by atoms with Crippen LogP contribution >= 0.6 is 0 Å². The first-order chi connectivity index (χ1) is 18.8. The summed E-state index contributed by atoms with van der Waals surface area (Å²) in [5.74, 6) is -1.87. The highest BCUT2D eigenvalue weighted by molar-refractivity contribution is 5.89. The van der Waals surface area contributed by atoms with Gasteiger partial charge in [-0.2, -0.15) is 0 Å². The van der Waals surface area contributed by atoms with E-state index in [2.05, 4.69) is 16.0 Å². The number of carbonyl (C=O) groups is 1. The first-order valence-electron chi connectivity index (χ1n) is 13.2. The molecule has 6 rings (SSSR count). The fourth-order valence-electron chi connectivity index (χ4n) is 6.66. The molecule has 12 nitrogen and oxygen atoms in total. The highest BCUT2D eigenvalue weighted by Crippen LogP contribution is 2.47. The minimum Gasteiger partial charge on any atom is -0.471 e. The van der Waals surface area contributed by atoms with Crippen LogP contribution in [0.5, 0.6) is 0 Å². The number of H-pyrrole nitrogens is 1. The molecule has 0 unspecified atom stereocenters. The third-order valence-corrected chi connectivity index (χ3v) is 8.66. The van der Waals surface area contributed by atoms with Gasteiger partial charge in [0.05, 0.1) is 43.6 Å². The number of para-hydroxylation sites is 1. The lowest BCUT2D eigenvalue weighted by Crippen LogP contribution is -2.60. The lowest BCUT2D eigenvalue weighted by molar-refractivity contribution is -0.345. The third kappa shape index (κ3) is 4.45. The van der Waals surface area contributed by atoms with Gasteiger partial charge in [-0.25, -0.2) is 4.79 Å². The van der Waals surface area contributed by atoms with E-state index < -0.39 is 67.5 Å². The number of aliphatic hydroxyl groups is 5. The highest BCUT2D eigenvalue weighted by atomic mass is 16.8. The molecule has 39 heavy (non-hydrogen) atoms. The second kappa shape index (κ2) is 10.5. The van der Waals surface area contributed by atoms with Crippen LogP contribution in [0.25, 0.3) is 10.9 Å². The first-order valence-corrected chi connectivity index (χ1v) is 13.2. The van der Waals surface area contributed by atoms with Gasteiger partial charge in [-0.15, -0.1) is 0 Å². The number of aliphatic hydroxyl groups excluding tert-OH is 5. The first kappa shape index (κ1) is 26.7. The van der Waals surface area contributed by atoms with E-state index in [1.807, 2.05) is 18.2 Å². The maximum atomic E-state index is 12.8. The van der Waals surface area contributed by atoms with Crippen molar-refractivity contribution in [2.75, 3.05) is 26.8 Å². The Morgan fingerprint density at radius 2 is 1.92 bits per heavy atom. The van der Waals surface area contributed by atoms with Crippen molar-refractivity contribution in [2.24, 2.45) is 11.8 Å². The fraction of sp³-hybridized carbons (Fsp3) is 0.593. The number of aromatic amines is 1. The molecule has 5 heterocycles. The van der Waals surface area contributed by atoms with E-state index >= 15 is 0 Å². The summed E-state index contributed by atoms with van der Waals surface area (Å²) < 4.78 is 22.3. The van der Waals surface area contributed by atoms with Gasteiger partial charge in [0, 0.05) is 35.6 Å². The molecule has 2 fully saturated rings. The number of fused-ring (bicyclic) bond motifs is 6. The summed E-state index contributed by atoms with van der Waals surface area (Å²) in [6, 6.07) is 7.99. The SMILES string of the molecule is COC(=O)C1=CO[C@@H](O[C@@H]2O[C@H](CO)[C@@H](O)[C@H](O)[C@H]2O)[C@@H]2[C@H](O)CN3CCc4c([nH]c5ccccc45)[C@H]3C[C@H]12. The summed E-state index contributed by atoms with van der Waals surface area (Å²) in [5, 5.41) is 53.1. The maximum Gasteiger partial charge on any atom is 0.337 e. The van der Waals surface area contributed by atoms with Gasteiger partial charge in [0.1, 0.15) is 24.4 Å². The van der Waals surface area contributed by atoms with Gasteiger partial charge in [0.25, 0.3) is 0 Å². The standard InChI is InChI=1S/C27H34N2O10/c1-36-25(35)15-11-37-26(39-27-24(34)23(33)22(32)19(10-30)38-27)20-14(15)8-17-21-13(6-7-29(17)9-18(20)31)12-4-2-3-5-16(12)28-21/h2-5,11,14,17-20,22-24,26-28,30-34H,6-10H2,1H3/t14-,17-,18-,19-,20+,22-,23+,24-,26+,27+/m1/s1. The number of rotatable bonds is 4. The molecule has 2 aromatic rings. The average molecular weight is 547 g/mol. The van der Waals surface area contributed by atoms with Crippen molar-refractivity contribution in [2.45, 2.75) is 62.0 Å². The van der Waals surface area contributed by atoms with E-state index in [1.54, 1.807) is 0 Å². The smallest absolute Gasteiger partial charge is 0.337 e. The molecule has 10 atom stereocenters. The summed E-state index contributed by atoms with van der Waals surface area (Å²) in [7, 11) is 1.28. The highest BCUT2D eigenvalue weighted by Gasteiger charge is 2.52. The molecular weight excluding hydrogens is 512 g/mol. The molecule has 0 radical (unpaired) electrons. The Balaban J connectivity index is 1.34. The minimum atomic E-state index is -1.64. The topological polar surface area (TPSA) is 174 Å². The van der Waals surface area contributed by atoms with E-state index in [0.717, 1.165) is 23.0 Å². The van der Waals surface area contributed by atoms with Crippen LogP contribution in [0.2, 0.25) is 0 Å². The second-order valence-corrected chi connectivity index (χ2v) is 10.7. The number of nitrogens with one attached hydrogen (secondary N) is 1. The molecule has 0 spiro atoms. The van der Waals surface area contributed by atoms with Gasteiger partial charge in [0.15, 0.2) is 6.29 Å². The van der Waals surface area contributed by atoms with Crippen LogP contribution in [0.3, 0.4) is 0 Å². The molecule has 0 bridgehead atoms. The molecule has 0 saturated carbocycles. The zero-order chi connectivity index (χ0) is 27.4. The normalized spacial score (nSPS) is 38.6. The molecule has 12 heteroatoms. The number of hydrogen-bond donors (Lipinski definition) is 6. The number of hydrogen-bond acceptors (Lipinski definition) is 11. The largest absolute Gasteiger partial charge is 0.471 e. The molecule has 0 amide bonds. The number of esters is 1. The summed E-state index contributed by atoms with van der Waals surface area (Å²) in [6.45, 7) is 0.389. The monoisotopic (exact) mass is 546 g/mol. The predicted molar refractivity (Wildman–Crippen MR) is 134 cm³/mol. The van der Waals surface area contributed by atoms with Crippen molar-refractivity contribution in [3.8, 4) is 0 Å². The van der Waals surface area contributed by atoms with E-state index in [0.29, 0.717) is 13.0 Å². The lowest BCUT2D eigenvalue weighted by Gasteiger charge is -2.44. The van der Waals surface area contributed by atoms with Crippen LogP contribution in [-0.2, 0) is 30.2 Å². The van der Waals surface area contributed by atoms with E-state index in [-0.39, 0.29) is 18.2 Å². The Hall–Kier alpha value is -2.55. The van der Waals surface area contributed by atoms with Crippen LogP contribution in [0.1, 0.15) is 23.7 Å². The average Bonchev–Trinajstić information content (AvgIpc) is 3.25. The van der Waals surface area contributed by atoms with Gasteiger partial charge in [-0.05, 0) is 24.5 Å². The van der Waals surface area contributed by atoms with Gasteiger partial charge < -0.3 is 49.5 Å². The summed E-state index contributed by atoms with van der Waals surface area (Å²) in [6.07, 6.45) is -7.06. The van der Waals surface area contributed by atoms with Crippen molar-refractivity contribution >= 4 is 16.9 Å². The Morgan fingerprint density at radius 3 is 2.69 bits per heavy atom. The van der Waals surface area contributed by atoms with Crippen LogP contribution in [0, 0.1) is 11.8 Å². The molecule has 212 valence electrons. The van der Waals surface area contributed by atoms with Crippen LogP contribution in [0.15, 0.2) is 36.1 Å². The maximum absolute atomic E-state index is 12.8. The number of nitrogens with zero attached hydrogens (tertiary/aromatic N) is 1. The summed E-state index contributed by atoms with van der Waals surface area (Å²) in [4.78, 5) is 18.6. The number of aromatic nitrogens is 1. The minimum absolute atomic E-state index is 0.120. The molecule has 4 aliphatic heterocycles. The zero-order valence-corrected chi connectivity index (χ0v) is 21.4. The van der Waals surface area contributed by atoms with Crippen molar-refractivity contribution in [1.82, 2.24) is 9.88 Å². The van der Waals surface area contributed by atoms with Gasteiger partial charge in [-0.3, -0.25) is 4.90 Å². The zero-order valence-electron chi connectivity index (χ0n) is 21.4. The van der Waals surface area contributed by atoms with Crippen molar-refractivity contribution < 1.29 is 49.3 Å². The van der Waals surface area contributed by atoms with E-state index in [9.17, 15) is 30.3 Å². The Morgan fingerprint density at radius 1 is 1.13 bits per heavy atom. The fourth-order valence-corrected chi connectivity index (χ4v) is 6.66. The molecule has 1 aromatic heterocycles. The van der Waals surface area contributed by atoms with E-state index in [4.69, 9.17) is 18.9 Å². The molecule has 0 aliphatic carbocycles. The number of benzene rings is 1. The molecule has 1 aromatic carbocycles. The molecule has 6 N–H and O–H groups in total. The number of methoxy groups -OCH3 is 1. The van der Waals surface area contributed by atoms with Crippen LogP contribution in [-0.4, -0.2) is 111 Å². The summed E-state index contributed by atoms with van der Waals surface area (Å²) in [5.41, 5.74) is 3.58. The summed E-state index contributed by atoms with van der Waals surface area (Å²) >= 11 is 0. The Labute approximate surface area is 224 Å². The molecule has 2 saturated heterocycles. The van der Waals surface area contributed by atoms with Gasteiger partial charge in [-0.1, -0.05) is 18.2 Å².